The van der Waals surface area contributed by atoms with Crippen LogP contribution in [0.2, 0.25) is 5.02 Å². The van der Waals surface area contributed by atoms with Crippen LogP contribution in [0.3, 0.4) is 0 Å². The number of hydrogen-bond acceptors (Lipinski definition) is 2. The van der Waals surface area contributed by atoms with E-state index < -0.39 is 18.0 Å². The van der Waals surface area contributed by atoms with Crippen molar-refractivity contribution in [1.82, 2.24) is 10.6 Å². The normalized spacial score (nSPS) is 19.0. The molecule has 0 fully saturated rings. The molecule has 0 saturated heterocycles. The molecular weight excluding hydrogens is 244 g/mol. The molecule has 0 saturated carbocycles. The zero-order valence-corrected chi connectivity index (χ0v) is 9.36. The van der Waals surface area contributed by atoms with Gasteiger partial charge in [-0.3, -0.25) is 0 Å². The summed E-state index contributed by atoms with van der Waals surface area (Å²) in [5.41, 5.74) is 0.636. The van der Waals surface area contributed by atoms with Gasteiger partial charge in [-0.1, -0.05) is 23.7 Å². The van der Waals surface area contributed by atoms with Crippen LogP contribution in [0.15, 0.2) is 36.0 Å². The topological polar surface area (TPSA) is 78.4 Å². The molecule has 1 aliphatic heterocycles. The maximum absolute atomic E-state index is 11.3. The number of hydrogen-bond donors (Lipinski definition) is 3. The highest BCUT2D eigenvalue weighted by Gasteiger charge is 2.22. The highest BCUT2D eigenvalue weighted by Crippen LogP contribution is 2.20. The van der Waals surface area contributed by atoms with E-state index >= 15 is 0 Å². The predicted molar refractivity (Wildman–Crippen MR) is 61.6 cm³/mol. The molecule has 0 radical (unpaired) electrons. The Morgan fingerprint density at radius 1 is 1.29 bits per heavy atom. The van der Waals surface area contributed by atoms with Crippen molar-refractivity contribution in [2.75, 3.05) is 0 Å². The minimum Gasteiger partial charge on any atom is -0.477 e. The minimum atomic E-state index is -1.17. The molecule has 1 aliphatic rings. The van der Waals surface area contributed by atoms with Gasteiger partial charge in [0.1, 0.15) is 5.70 Å². The summed E-state index contributed by atoms with van der Waals surface area (Å²) in [6, 6.07) is 5.82. The largest absolute Gasteiger partial charge is 0.477 e. The molecule has 1 aromatic rings. The molecule has 1 aromatic carbocycles. The van der Waals surface area contributed by atoms with E-state index in [2.05, 4.69) is 10.6 Å². The zero-order chi connectivity index (χ0) is 12.4. The highest BCUT2D eigenvalue weighted by atomic mass is 35.5. The molecule has 1 heterocycles. The summed E-state index contributed by atoms with van der Waals surface area (Å²) in [5.74, 6) is -1.17. The number of carboxylic acids is 1. The van der Waals surface area contributed by atoms with Crippen LogP contribution >= 0.6 is 11.6 Å². The summed E-state index contributed by atoms with van der Waals surface area (Å²) in [4.78, 5) is 22.1. The number of aliphatic carboxylic acids is 1. The van der Waals surface area contributed by atoms with Crippen molar-refractivity contribution in [3.8, 4) is 0 Å². The zero-order valence-electron chi connectivity index (χ0n) is 8.61. The summed E-state index contributed by atoms with van der Waals surface area (Å²) in [7, 11) is 0. The van der Waals surface area contributed by atoms with Gasteiger partial charge in [-0.2, -0.15) is 0 Å². The van der Waals surface area contributed by atoms with E-state index in [1.165, 1.54) is 6.08 Å². The van der Waals surface area contributed by atoms with E-state index in [4.69, 9.17) is 16.7 Å². The Kier molecular flexibility index (Phi) is 3.01. The third-order valence-electron chi connectivity index (χ3n) is 2.33. The Labute approximate surface area is 102 Å². The monoisotopic (exact) mass is 252 g/mol. The van der Waals surface area contributed by atoms with Gasteiger partial charge >= 0.3 is 12.0 Å². The first-order chi connectivity index (χ1) is 8.06. The van der Waals surface area contributed by atoms with Crippen LogP contribution in [0.4, 0.5) is 4.79 Å². The quantitative estimate of drug-likeness (QED) is 0.749. The smallest absolute Gasteiger partial charge is 0.352 e. The molecule has 0 aromatic heterocycles. The van der Waals surface area contributed by atoms with Crippen LogP contribution in [0, 0.1) is 0 Å². The van der Waals surface area contributed by atoms with Gasteiger partial charge < -0.3 is 15.7 Å². The van der Waals surface area contributed by atoms with Gasteiger partial charge in [0.2, 0.25) is 0 Å². The Morgan fingerprint density at radius 3 is 2.53 bits per heavy atom. The molecule has 0 aliphatic carbocycles. The van der Waals surface area contributed by atoms with Crippen LogP contribution in [-0.2, 0) is 4.79 Å². The Balaban J connectivity index is 2.32. The average molecular weight is 253 g/mol. The van der Waals surface area contributed by atoms with Crippen LogP contribution < -0.4 is 10.6 Å². The summed E-state index contributed by atoms with van der Waals surface area (Å²) in [6.07, 6.45) is 1.44. The lowest BCUT2D eigenvalue weighted by molar-refractivity contribution is -0.133. The van der Waals surface area contributed by atoms with Crippen molar-refractivity contribution < 1.29 is 14.7 Å². The molecule has 2 rings (SSSR count). The van der Waals surface area contributed by atoms with Crippen LogP contribution in [0.25, 0.3) is 0 Å². The highest BCUT2D eigenvalue weighted by molar-refractivity contribution is 6.30. The van der Waals surface area contributed by atoms with E-state index in [1.807, 2.05) is 0 Å². The lowest BCUT2D eigenvalue weighted by atomic mass is 10.0. The lowest BCUT2D eigenvalue weighted by Gasteiger charge is -2.22. The fraction of sp³-hybridized carbons (Fsp3) is 0.0909. The van der Waals surface area contributed by atoms with Crippen molar-refractivity contribution in [2.24, 2.45) is 0 Å². The van der Waals surface area contributed by atoms with Gasteiger partial charge in [-0.25, -0.2) is 9.59 Å². The minimum absolute atomic E-state index is 0.131. The van der Waals surface area contributed by atoms with Crippen molar-refractivity contribution in [1.29, 1.82) is 0 Å². The van der Waals surface area contributed by atoms with Crippen molar-refractivity contribution in [2.45, 2.75) is 6.04 Å². The number of amides is 2. The molecule has 6 heteroatoms. The predicted octanol–water partition coefficient (Wildman–Crippen LogP) is 1.66. The summed E-state index contributed by atoms with van der Waals surface area (Å²) in [5, 5.41) is 14.2. The number of rotatable bonds is 2. The lowest BCUT2D eigenvalue weighted by Crippen LogP contribution is -2.43. The molecule has 17 heavy (non-hydrogen) atoms. The number of carbonyl (C=O) groups excluding carboxylic acids is 1. The maximum atomic E-state index is 11.3. The van der Waals surface area contributed by atoms with Gasteiger partial charge in [-0.15, -0.1) is 0 Å². The maximum Gasteiger partial charge on any atom is 0.352 e. The molecule has 0 bridgehead atoms. The molecule has 2 amide bonds. The van der Waals surface area contributed by atoms with Gasteiger partial charge in [-0.05, 0) is 23.8 Å². The first-order valence-corrected chi connectivity index (χ1v) is 5.22. The molecule has 88 valence electrons. The van der Waals surface area contributed by atoms with Crippen molar-refractivity contribution >= 4 is 23.6 Å². The van der Waals surface area contributed by atoms with Gasteiger partial charge in [0.25, 0.3) is 0 Å². The number of nitrogens with one attached hydrogen (secondary N) is 2. The van der Waals surface area contributed by atoms with Crippen molar-refractivity contribution in [3.63, 3.8) is 0 Å². The molecule has 1 atom stereocenters. The third-order valence-corrected chi connectivity index (χ3v) is 2.58. The number of benzene rings is 1. The Hall–Kier alpha value is -2.01. The van der Waals surface area contributed by atoms with Crippen LogP contribution in [-0.4, -0.2) is 17.1 Å². The Bertz CT molecular complexity index is 496. The molecule has 3 N–H and O–H groups in total. The first-order valence-electron chi connectivity index (χ1n) is 4.84. The Morgan fingerprint density at radius 2 is 1.94 bits per heavy atom. The van der Waals surface area contributed by atoms with Crippen molar-refractivity contribution in [3.05, 3.63) is 46.6 Å². The number of halogens is 1. The van der Waals surface area contributed by atoms with E-state index in [-0.39, 0.29) is 5.70 Å². The SMILES string of the molecule is O=C1NC(C(=O)O)=CC(c2ccc(Cl)cc2)N1. The molecule has 0 spiro atoms. The number of carboxylic acid groups (broad SMARTS) is 1. The summed E-state index contributed by atoms with van der Waals surface area (Å²) < 4.78 is 0. The van der Waals surface area contributed by atoms with E-state index in [1.54, 1.807) is 24.3 Å². The second kappa shape index (κ2) is 4.47. The van der Waals surface area contributed by atoms with Gasteiger partial charge in [0, 0.05) is 5.02 Å². The number of urea groups is 1. The van der Waals surface area contributed by atoms with Crippen LogP contribution in [0.1, 0.15) is 11.6 Å². The standard InChI is InChI=1S/C11H9ClN2O3/c12-7-3-1-6(2-4-7)8-5-9(10(15)16)14-11(17)13-8/h1-5,8H,(H,15,16)(H2,13,14,17). The van der Waals surface area contributed by atoms with Gasteiger partial charge in [0.05, 0.1) is 6.04 Å². The van der Waals surface area contributed by atoms with E-state index in [9.17, 15) is 9.59 Å². The number of carbonyl (C=O) groups is 2. The summed E-state index contributed by atoms with van der Waals surface area (Å²) in [6.45, 7) is 0. The molecule has 1 unspecified atom stereocenters. The third kappa shape index (κ3) is 2.57. The van der Waals surface area contributed by atoms with E-state index in [0.717, 1.165) is 5.56 Å². The fourth-order valence-corrected chi connectivity index (χ4v) is 1.65. The van der Waals surface area contributed by atoms with E-state index in [0.29, 0.717) is 5.02 Å². The van der Waals surface area contributed by atoms with Crippen LogP contribution in [0.5, 0.6) is 0 Å². The fourth-order valence-electron chi connectivity index (χ4n) is 1.52. The second-order valence-corrected chi connectivity index (χ2v) is 3.95. The first kappa shape index (κ1) is 11.5. The second-order valence-electron chi connectivity index (χ2n) is 3.51. The molecule has 5 nitrogen and oxygen atoms in total. The summed E-state index contributed by atoms with van der Waals surface area (Å²) >= 11 is 5.75. The average Bonchev–Trinajstić information content (AvgIpc) is 2.29. The molecular formula is C11H9ClN2O3. The van der Waals surface area contributed by atoms with Gasteiger partial charge in [0.15, 0.2) is 0 Å².